The molecular weight excluding hydrogens is 270 g/mol. The predicted octanol–water partition coefficient (Wildman–Crippen LogP) is 2.43. The summed E-state index contributed by atoms with van der Waals surface area (Å²) in [5, 5.41) is 0. The maximum absolute atomic E-state index is 12.0. The van der Waals surface area contributed by atoms with Crippen molar-refractivity contribution in [2.75, 3.05) is 20.8 Å². The molecule has 1 N–H and O–H groups in total. The van der Waals surface area contributed by atoms with Gasteiger partial charge in [0.15, 0.2) is 0 Å². The minimum absolute atomic E-state index is 0.0743. The SMILES string of the molecule is C=CCCONC(=O)[C@@H]1C[C@H]1c1cc(OC)ccc1OC. The largest absolute Gasteiger partial charge is 0.497 e. The number of amides is 1. The van der Waals surface area contributed by atoms with Crippen LogP contribution >= 0.6 is 0 Å². The van der Waals surface area contributed by atoms with Crippen molar-refractivity contribution in [3.05, 3.63) is 36.4 Å². The van der Waals surface area contributed by atoms with E-state index in [0.717, 1.165) is 23.5 Å². The lowest BCUT2D eigenvalue weighted by molar-refractivity contribution is -0.134. The van der Waals surface area contributed by atoms with Gasteiger partial charge in [-0.15, -0.1) is 6.58 Å². The van der Waals surface area contributed by atoms with Gasteiger partial charge in [0, 0.05) is 17.4 Å². The summed E-state index contributed by atoms with van der Waals surface area (Å²) in [6.45, 7) is 4.03. The third kappa shape index (κ3) is 3.76. The van der Waals surface area contributed by atoms with Crippen LogP contribution in [0.15, 0.2) is 30.9 Å². The van der Waals surface area contributed by atoms with Crippen molar-refractivity contribution in [3.63, 3.8) is 0 Å². The van der Waals surface area contributed by atoms with E-state index < -0.39 is 0 Å². The number of methoxy groups -OCH3 is 2. The maximum atomic E-state index is 12.0. The van der Waals surface area contributed by atoms with E-state index >= 15 is 0 Å². The monoisotopic (exact) mass is 291 g/mol. The Hall–Kier alpha value is -2.01. The van der Waals surface area contributed by atoms with Gasteiger partial charge < -0.3 is 9.47 Å². The lowest BCUT2D eigenvalue weighted by Crippen LogP contribution is -2.26. The summed E-state index contributed by atoms with van der Waals surface area (Å²) in [4.78, 5) is 17.1. The summed E-state index contributed by atoms with van der Waals surface area (Å²) in [7, 11) is 3.25. The number of nitrogens with one attached hydrogen (secondary N) is 1. The minimum Gasteiger partial charge on any atom is -0.497 e. The highest BCUT2D eigenvalue weighted by atomic mass is 16.6. The molecule has 0 saturated heterocycles. The Bertz CT molecular complexity index is 515. The molecule has 2 rings (SSSR count). The molecule has 1 saturated carbocycles. The van der Waals surface area contributed by atoms with Gasteiger partial charge in [-0.1, -0.05) is 6.08 Å². The van der Waals surface area contributed by atoms with Gasteiger partial charge in [-0.25, -0.2) is 5.48 Å². The quantitative estimate of drug-likeness (QED) is 0.454. The number of hydrogen-bond acceptors (Lipinski definition) is 4. The smallest absolute Gasteiger partial charge is 0.247 e. The van der Waals surface area contributed by atoms with Crippen molar-refractivity contribution in [1.82, 2.24) is 5.48 Å². The zero-order valence-corrected chi connectivity index (χ0v) is 12.4. The first-order chi connectivity index (χ1) is 10.2. The molecule has 0 aliphatic heterocycles. The number of carbonyl (C=O) groups is 1. The molecule has 0 unspecified atom stereocenters. The molecule has 0 radical (unpaired) electrons. The number of ether oxygens (including phenoxy) is 2. The van der Waals surface area contributed by atoms with Crippen molar-refractivity contribution in [2.24, 2.45) is 5.92 Å². The molecule has 0 aromatic heterocycles. The standard InChI is InChI=1S/C16H21NO4/c1-4-5-8-21-17-16(18)14-10-12(14)13-9-11(19-2)6-7-15(13)20-3/h4,6-7,9,12,14H,1,5,8,10H2,2-3H3,(H,17,18)/t12-,14+/m0/s1. The number of rotatable bonds is 8. The molecule has 114 valence electrons. The average Bonchev–Trinajstić information content (AvgIpc) is 3.31. The first-order valence-electron chi connectivity index (χ1n) is 6.95. The van der Waals surface area contributed by atoms with Crippen molar-refractivity contribution in [3.8, 4) is 11.5 Å². The van der Waals surface area contributed by atoms with E-state index in [1.807, 2.05) is 18.2 Å². The van der Waals surface area contributed by atoms with Crippen LogP contribution in [0.2, 0.25) is 0 Å². The van der Waals surface area contributed by atoms with Crippen LogP contribution in [0.5, 0.6) is 11.5 Å². The molecule has 0 spiro atoms. The van der Waals surface area contributed by atoms with E-state index in [2.05, 4.69) is 12.1 Å². The summed E-state index contributed by atoms with van der Waals surface area (Å²) < 4.78 is 10.6. The molecular formula is C16H21NO4. The highest BCUT2D eigenvalue weighted by molar-refractivity contribution is 5.82. The van der Waals surface area contributed by atoms with Crippen LogP contribution in [0.25, 0.3) is 0 Å². The fourth-order valence-electron chi connectivity index (χ4n) is 2.30. The summed E-state index contributed by atoms with van der Waals surface area (Å²) in [6.07, 6.45) is 3.24. The molecule has 5 heteroatoms. The van der Waals surface area contributed by atoms with Crippen LogP contribution in [0, 0.1) is 5.92 Å². The molecule has 1 fully saturated rings. The first-order valence-corrected chi connectivity index (χ1v) is 6.95. The van der Waals surface area contributed by atoms with E-state index in [1.54, 1.807) is 20.3 Å². The van der Waals surface area contributed by atoms with Crippen molar-refractivity contribution in [1.29, 1.82) is 0 Å². The van der Waals surface area contributed by atoms with Crippen LogP contribution < -0.4 is 15.0 Å². The number of hydrogen-bond donors (Lipinski definition) is 1. The van der Waals surface area contributed by atoms with Gasteiger partial charge in [-0.2, -0.15) is 0 Å². The Labute approximate surface area is 124 Å². The van der Waals surface area contributed by atoms with Crippen LogP contribution in [0.4, 0.5) is 0 Å². The summed E-state index contributed by atoms with van der Waals surface area (Å²) in [5.74, 6) is 1.53. The van der Waals surface area contributed by atoms with E-state index in [4.69, 9.17) is 14.3 Å². The summed E-state index contributed by atoms with van der Waals surface area (Å²) >= 11 is 0. The second-order valence-corrected chi connectivity index (χ2v) is 4.95. The average molecular weight is 291 g/mol. The number of carbonyl (C=O) groups excluding carboxylic acids is 1. The van der Waals surface area contributed by atoms with Gasteiger partial charge in [0.2, 0.25) is 5.91 Å². The van der Waals surface area contributed by atoms with Crippen molar-refractivity contribution < 1.29 is 19.1 Å². The predicted molar refractivity (Wildman–Crippen MR) is 79.3 cm³/mol. The van der Waals surface area contributed by atoms with Gasteiger partial charge in [0.1, 0.15) is 11.5 Å². The fourth-order valence-corrected chi connectivity index (χ4v) is 2.30. The Kier molecular flexibility index (Phi) is 5.22. The van der Waals surface area contributed by atoms with Gasteiger partial charge in [0.05, 0.1) is 20.8 Å². The Balaban J connectivity index is 1.95. The molecule has 1 aliphatic rings. The highest BCUT2D eigenvalue weighted by Gasteiger charge is 2.45. The molecule has 2 atom stereocenters. The van der Waals surface area contributed by atoms with Gasteiger partial charge in [0.25, 0.3) is 0 Å². The molecule has 0 bridgehead atoms. The molecule has 5 nitrogen and oxygen atoms in total. The lowest BCUT2D eigenvalue weighted by atomic mass is 10.1. The minimum atomic E-state index is -0.0889. The topological polar surface area (TPSA) is 56.8 Å². The fraction of sp³-hybridized carbons (Fsp3) is 0.438. The Morgan fingerprint density at radius 2 is 2.24 bits per heavy atom. The van der Waals surface area contributed by atoms with Crippen LogP contribution in [0.3, 0.4) is 0 Å². The van der Waals surface area contributed by atoms with Gasteiger partial charge in [-0.3, -0.25) is 9.63 Å². The Morgan fingerprint density at radius 3 is 2.90 bits per heavy atom. The number of hydroxylamine groups is 1. The van der Waals surface area contributed by atoms with Gasteiger partial charge in [-0.05, 0) is 31.0 Å². The molecule has 21 heavy (non-hydrogen) atoms. The second kappa shape index (κ2) is 7.13. The second-order valence-electron chi connectivity index (χ2n) is 4.95. The normalized spacial score (nSPS) is 19.7. The van der Waals surface area contributed by atoms with E-state index in [0.29, 0.717) is 13.0 Å². The number of benzene rings is 1. The summed E-state index contributed by atoms with van der Waals surface area (Å²) in [6, 6.07) is 5.63. The van der Waals surface area contributed by atoms with Crippen molar-refractivity contribution in [2.45, 2.75) is 18.8 Å². The molecule has 1 aromatic carbocycles. The van der Waals surface area contributed by atoms with E-state index in [9.17, 15) is 4.79 Å². The summed E-state index contributed by atoms with van der Waals surface area (Å²) in [5.41, 5.74) is 3.49. The van der Waals surface area contributed by atoms with Crippen LogP contribution in [-0.4, -0.2) is 26.7 Å². The third-order valence-corrected chi connectivity index (χ3v) is 3.56. The van der Waals surface area contributed by atoms with Gasteiger partial charge >= 0.3 is 0 Å². The lowest BCUT2D eigenvalue weighted by Gasteiger charge is -2.10. The molecule has 1 amide bonds. The van der Waals surface area contributed by atoms with E-state index in [1.165, 1.54) is 0 Å². The molecule has 1 aromatic rings. The third-order valence-electron chi connectivity index (χ3n) is 3.56. The Morgan fingerprint density at radius 1 is 1.43 bits per heavy atom. The van der Waals surface area contributed by atoms with Crippen LogP contribution in [-0.2, 0) is 9.63 Å². The van der Waals surface area contributed by atoms with Crippen LogP contribution in [0.1, 0.15) is 24.3 Å². The van der Waals surface area contributed by atoms with E-state index in [-0.39, 0.29) is 17.7 Å². The highest BCUT2D eigenvalue weighted by Crippen LogP contribution is 2.51. The molecule has 1 aliphatic carbocycles. The first kappa shape index (κ1) is 15.4. The zero-order chi connectivity index (χ0) is 15.2. The zero-order valence-electron chi connectivity index (χ0n) is 12.4. The van der Waals surface area contributed by atoms with Crippen molar-refractivity contribution >= 4 is 5.91 Å². The maximum Gasteiger partial charge on any atom is 0.247 e. The molecule has 0 heterocycles.